The molecule has 4 heteroatoms. The van der Waals surface area contributed by atoms with Crippen molar-refractivity contribution in [2.45, 2.75) is 26.8 Å². The lowest BCUT2D eigenvalue weighted by molar-refractivity contribution is -0.124. The molecule has 1 saturated heterocycles. The lowest BCUT2D eigenvalue weighted by Gasteiger charge is -2.26. The SMILES string of the molecule is Cc1ccc(N2CC(C(=O)N(Cc3ccccc3)c3ccccc3)CC2=O)cc1C. The molecule has 0 N–H and O–H groups in total. The minimum atomic E-state index is -0.358. The largest absolute Gasteiger partial charge is 0.312 e. The first-order valence-electron chi connectivity index (χ1n) is 10.3. The molecule has 1 heterocycles. The monoisotopic (exact) mass is 398 g/mol. The van der Waals surface area contributed by atoms with Gasteiger partial charge in [0.25, 0.3) is 0 Å². The van der Waals surface area contributed by atoms with Crippen LogP contribution in [0.25, 0.3) is 0 Å². The average Bonchev–Trinajstić information content (AvgIpc) is 3.16. The second-order valence-electron chi connectivity index (χ2n) is 7.92. The van der Waals surface area contributed by atoms with E-state index in [0.717, 1.165) is 22.5 Å². The third kappa shape index (κ3) is 4.13. The Labute approximate surface area is 177 Å². The molecule has 152 valence electrons. The van der Waals surface area contributed by atoms with Crippen molar-refractivity contribution in [3.8, 4) is 0 Å². The standard InChI is InChI=1S/C26H26N2O2/c1-19-13-14-24(15-20(19)2)27-18-22(16-25(27)29)26(30)28(23-11-7-4-8-12-23)17-21-9-5-3-6-10-21/h3-15,22H,16-18H2,1-2H3. The summed E-state index contributed by atoms with van der Waals surface area (Å²) < 4.78 is 0. The van der Waals surface area contributed by atoms with Gasteiger partial charge in [-0.05, 0) is 54.8 Å². The molecule has 1 aliphatic rings. The maximum Gasteiger partial charge on any atom is 0.232 e. The van der Waals surface area contributed by atoms with Gasteiger partial charge in [0.1, 0.15) is 0 Å². The van der Waals surface area contributed by atoms with Gasteiger partial charge in [0, 0.05) is 24.3 Å². The lowest BCUT2D eigenvalue weighted by Crippen LogP contribution is -2.37. The van der Waals surface area contributed by atoms with Crippen molar-refractivity contribution in [1.29, 1.82) is 0 Å². The molecule has 1 atom stereocenters. The van der Waals surface area contributed by atoms with Crippen molar-refractivity contribution in [1.82, 2.24) is 0 Å². The van der Waals surface area contributed by atoms with E-state index in [2.05, 4.69) is 6.92 Å². The Bertz CT molecular complexity index is 1050. The molecule has 0 radical (unpaired) electrons. The molecule has 4 rings (SSSR count). The van der Waals surface area contributed by atoms with Crippen LogP contribution in [-0.4, -0.2) is 18.4 Å². The Balaban J connectivity index is 1.58. The van der Waals surface area contributed by atoms with E-state index in [9.17, 15) is 9.59 Å². The van der Waals surface area contributed by atoms with E-state index in [4.69, 9.17) is 0 Å². The highest BCUT2D eigenvalue weighted by atomic mass is 16.2. The number of rotatable bonds is 5. The van der Waals surface area contributed by atoms with Crippen molar-refractivity contribution >= 4 is 23.2 Å². The first-order chi connectivity index (χ1) is 14.5. The molecular formula is C26H26N2O2. The summed E-state index contributed by atoms with van der Waals surface area (Å²) in [6, 6.07) is 25.7. The second kappa shape index (κ2) is 8.54. The maximum absolute atomic E-state index is 13.5. The van der Waals surface area contributed by atoms with Gasteiger partial charge in [0.05, 0.1) is 12.5 Å². The molecule has 30 heavy (non-hydrogen) atoms. The van der Waals surface area contributed by atoms with Crippen molar-refractivity contribution in [3.63, 3.8) is 0 Å². The number of nitrogens with zero attached hydrogens (tertiary/aromatic N) is 2. The molecule has 4 nitrogen and oxygen atoms in total. The molecule has 3 aromatic carbocycles. The number of hydrogen-bond donors (Lipinski definition) is 0. The summed E-state index contributed by atoms with van der Waals surface area (Å²) in [4.78, 5) is 29.9. The number of amides is 2. The quantitative estimate of drug-likeness (QED) is 0.614. The van der Waals surface area contributed by atoms with Gasteiger partial charge in [0.15, 0.2) is 0 Å². The molecule has 0 aromatic heterocycles. The Morgan fingerprint density at radius 2 is 1.60 bits per heavy atom. The Morgan fingerprint density at radius 1 is 0.933 bits per heavy atom. The van der Waals surface area contributed by atoms with E-state index in [1.54, 1.807) is 9.80 Å². The van der Waals surface area contributed by atoms with Gasteiger partial charge >= 0.3 is 0 Å². The van der Waals surface area contributed by atoms with E-state index in [1.165, 1.54) is 5.56 Å². The van der Waals surface area contributed by atoms with E-state index >= 15 is 0 Å². The second-order valence-corrected chi connectivity index (χ2v) is 7.92. The number of aryl methyl sites for hydroxylation is 2. The smallest absolute Gasteiger partial charge is 0.232 e. The summed E-state index contributed by atoms with van der Waals surface area (Å²) >= 11 is 0. The fourth-order valence-electron chi connectivity index (χ4n) is 3.91. The van der Waals surface area contributed by atoms with E-state index < -0.39 is 0 Å². The molecule has 0 aliphatic carbocycles. The van der Waals surface area contributed by atoms with E-state index in [0.29, 0.717) is 13.1 Å². The maximum atomic E-state index is 13.5. The van der Waals surface area contributed by atoms with Gasteiger partial charge in [-0.25, -0.2) is 0 Å². The van der Waals surface area contributed by atoms with Crippen LogP contribution in [-0.2, 0) is 16.1 Å². The van der Waals surface area contributed by atoms with Crippen LogP contribution in [0.2, 0.25) is 0 Å². The Morgan fingerprint density at radius 3 is 2.27 bits per heavy atom. The molecule has 2 amide bonds. The molecule has 0 bridgehead atoms. The zero-order chi connectivity index (χ0) is 21.1. The zero-order valence-electron chi connectivity index (χ0n) is 17.4. The summed E-state index contributed by atoms with van der Waals surface area (Å²) in [7, 11) is 0. The van der Waals surface area contributed by atoms with Crippen LogP contribution in [0.15, 0.2) is 78.9 Å². The molecule has 0 saturated carbocycles. The van der Waals surface area contributed by atoms with Gasteiger partial charge in [0.2, 0.25) is 11.8 Å². The predicted molar refractivity (Wildman–Crippen MR) is 120 cm³/mol. The Hall–Kier alpha value is -3.40. The van der Waals surface area contributed by atoms with Gasteiger partial charge in [-0.1, -0.05) is 54.6 Å². The van der Waals surface area contributed by atoms with Crippen molar-refractivity contribution in [2.75, 3.05) is 16.3 Å². The molecule has 3 aromatic rings. The summed E-state index contributed by atoms with van der Waals surface area (Å²) in [5, 5.41) is 0. The molecule has 0 spiro atoms. The first kappa shape index (κ1) is 19.9. The third-order valence-electron chi connectivity index (χ3n) is 5.79. The number of para-hydroxylation sites is 1. The lowest BCUT2D eigenvalue weighted by atomic mass is 10.1. The first-order valence-corrected chi connectivity index (χ1v) is 10.3. The fraction of sp³-hybridized carbons (Fsp3) is 0.231. The zero-order valence-corrected chi connectivity index (χ0v) is 17.4. The minimum absolute atomic E-state index is 0.00401. The van der Waals surface area contributed by atoms with E-state index in [1.807, 2.05) is 85.8 Å². The molecule has 1 aliphatic heterocycles. The van der Waals surface area contributed by atoms with Crippen LogP contribution in [0.4, 0.5) is 11.4 Å². The van der Waals surface area contributed by atoms with Crippen molar-refractivity contribution in [2.24, 2.45) is 5.92 Å². The van der Waals surface area contributed by atoms with Gasteiger partial charge in [-0.15, -0.1) is 0 Å². The number of anilines is 2. The van der Waals surface area contributed by atoms with Crippen LogP contribution in [0.3, 0.4) is 0 Å². The molecular weight excluding hydrogens is 372 g/mol. The highest BCUT2D eigenvalue weighted by Crippen LogP contribution is 2.29. The van der Waals surface area contributed by atoms with Gasteiger partial charge in [-0.2, -0.15) is 0 Å². The number of carbonyl (C=O) groups excluding carboxylic acids is 2. The summed E-state index contributed by atoms with van der Waals surface area (Å²) in [6.45, 7) is 4.99. The van der Waals surface area contributed by atoms with Gasteiger partial charge in [-0.3, -0.25) is 9.59 Å². The van der Waals surface area contributed by atoms with Crippen LogP contribution in [0.5, 0.6) is 0 Å². The van der Waals surface area contributed by atoms with Crippen LogP contribution < -0.4 is 9.80 Å². The van der Waals surface area contributed by atoms with Crippen molar-refractivity contribution in [3.05, 3.63) is 95.6 Å². The Kier molecular flexibility index (Phi) is 5.66. The van der Waals surface area contributed by atoms with Crippen LogP contribution in [0.1, 0.15) is 23.1 Å². The van der Waals surface area contributed by atoms with Crippen LogP contribution in [0, 0.1) is 19.8 Å². The summed E-state index contributed by atoms with van der Waals surface area (Å²) in [5.74, 6) is -0.364. The van der Waals surface area contributed by atoms with E-state index in [-0.39, 0.29) is 24.2 Å². The normalized spacial score (nSPS) is 16.0. The molecule has 1 fully saturated rings. The molecule has 1 unspecified atom stereocenters. The minimum Gasteiger partial charge on any atom is -0.312 e. The fourth-order valence-corrected chi connectivity index (χ4v) is 3.91. The summed E-state index contributed by atoms with van der Waals surface area (Å²) in [5.41, 5.74) is 5.11. The number of hydrogen-bond acceptors (Lipinski definition) is 2. The van der Waals surface area contributed by atoms with Crippen molar-refractivity contribution < 1.29 is 9.59 Å². The van der Waals surface area contributed by atoms with Crippen LogP contribution >= 0.6 is 0 Å². The topological polar surface area (TPSA) is 40.6 Å². The predicted octanol–water partition coefficient (Wildman–Crippen LogP) is 4.89. The highest BCUT2D eigenvalue weighted by Gasteiger charge is 2.37. The summed E-state index contributed by atoms with van der Waals surface area (Å²) in [6.07, 6.45) is 0.240. The average molecular weight is 399 g/mol. The number of carbonyl (C=O) groups is 2. The van der Waals surface area contributed by atoms with Gasteiger partial charge < -0.3 is 9.80 Å². The highest BCUT2D eigenvalue weighted by molar-refractivity contribution is 6.04. The third-order valence-corrected chi connectivity index (χ3v) is 5.79. The number of benzene rings is 3.